The standard InChI is InChI=1S/C23H22F5N3O2/c1-13-29-10-16-18(7-15(25)8-19(16)31-13)30-12-22(32,23(26,27)28)11-21(2,3)17-6-5-14(24)9-20(17)33-4/h5-10,12,32H,11H2,1-4H3. The Balaban J connectivity index is 2.06. The maximum absolute atomic E-state index is 14.0. The summed E-state index contributed by atoms with van der Waals surface area (Å²) in [6, 6.07) is 5.51. The monoisotopic (exact) mass is 467 g/mol. The van der Waals surface area contributed by atoms with Crippen LogP contribution < -0.4 is 4.74 Å². The van der Waals surface area contributed by atoms with Gasteiger partial charge in [-0.1, -0.05) is 19.9 Å². The lowest BCUT2D eigenvalue weighted by molar-refractivity contribution is -0.234. The molecule has 0 aliphatic rings. The summed E-state index contributed by atoms with van der Waals surface area (Å²) in [6.45, 7) is 4.50. The second-order valence-electron chi connectivity index (χ2n) is 8.36. The number of nitrogens with zero attached hydrogens (tertiary/aromatic N) is 3. The van der Waals surface area contributed by atoms with Crippen molar-refractivity contribution in [2.24, 2.45) is 4.99 Å². The fourth-order valence-electron chi connectivity index (χ4n) is 3.67. The van der Waals surface area contributed by atoms with Gasteiger partial charge in [-0.2, -0.15) is 13.2 Å². The first-order chi connectivity index (χ1) is 15.3. The van der Waals surface area contributed by atoms with Crippen molar-refractivity contribution < 1.29 is 31.8 Å². The van der Waals surface area contributed by atoms with E-state index in [1.807, 2.05) is 0 Å². The van der Waals surface area contributed by atoms with Crippen molar-refractivity contribution in [3.05, 3.63) is 59.6 Å². The molecule has 10 heteroatoms. The summed E-state index contributed by atoms with van der Waals surface area (Å²) in [4.78, 5) is 11.8. The van der Waals surface area contributed by atoms with Gasteiger partial charge in [-0.15, -0.1) is 0 Å². The molecule has 0 spiro atoms. The van der Waals surface area contributed by atoms with Crippen LogP contribution in [-0.2, 0) is 5.41 Å². The third-order valence-corrected chi connectivity index (χ3v) is 5.28. The van der Waals surface area contributed by atoms with E-state index in [1.165, 1.54) is 33.2 Å². The fraction of sp³-hybridized carbons (Fsp3) is 0.348. The van der Waals surface area contributed by atoms with Gasteiger partial charge in [0, 0.05) is 41.6 Å². The van der Waals surface area contributed by atoms with E-state index in [0.717, 1.165) is 24.3 Å². The zero-order valence-corrected chi connectivity index (χ0v) is 18.3. The van der Waals surface area contributed by atoms with Crippen LogP contribution in [0.1, 0.15) is 31.7 Å². The highest BCUT2D eigenvalue weighted by Crippen LogP contribution is 2.43. The highest BCUT2D eigenvalue weighted by molar-refractivity contribution is 5.91. The van der Waals surface area contributed by atoms with Crippen LogP contribution in [-0.4, -0.2) is 40.2 Å². The number of halogens is 5. The number of fused-ring (bicyclic) bond motifs is 1. The van der Waals surface area contributed by atoms with Gasteiger partial charge in [0.25, 0.3) is 0 Å². The summed E-state index contributed by atoms with van der Waals surface area (Å²) in [5.74, 6) is -0.968. The lowest BCUT2D eigenvalue weighted by Crippen LogP contribution is -2.50. The topological polar surface area (TPSA) is 67.6 Å². The van der Waals surface area contributed by atoms with Crippen LogP contribution in [0.4, 0.5) is 27.6 Å². The van der Waals surface area contributed by atoms with E-state index in [4.69, 9.17) is 4.74 Å². The number of alkyl halides is 3. The van der Waals surface area contributed by atoms with Gasteiger partial charge in [0.2, 0.25) is 0 Å². The van der Waals surface area contributed by atoms with Crippen LogP contribution in [0.15, 0.2) is 41.5 Å². The molecule has 1 atom stereocenters. The van der Waals surface area contributed by atoms with Gasteiger partial charge in [0.05, 0.1) is 18.3 Å². The van der Waals surface area contributed by atoms with Crippen LogP contribution in [0, 0.1) is 18.6 Å². The lowest BCUT2D eigenvalue weighted by atomic mass is 9.74. The molecular weight excluding hydrogens is 445 g/mol. The van der Waals surface area contributed by atoms with Crippen molar-refractivity contribution in [1.29, 1.82) is 0 Å². The molecular formula is C23H22F5N3O2. The molecule has 33 heavy (non-hydrogen) atoms. The minimum atomic E-state index is -5.11. The number of methoxy groups -OCH3 is 1. The molecule has 3 aromatic rings. The highest BCUT2D eigenvalue weighted by Gasteiger charge is 2.55. The zero-order valence-electron chi connectivity index (χ0n) is 18.3. The Morgan fingerprint density at radius 3 is 2.42 bits per heavy atom. The average Bonchev–Trinajstić information content (AvgIpc) is 2.70. The number of aliphatic hydroxyl groups is 1. The van der Waals surface area contributed by atoms with Crippen LogP contribution in [0.2, 0.25) is 0 Å². The molecule has 0 fully saturated rings. The molecule has 0 amide bonds. The normalized spacial score (nSPS) is 14.6. The molecule has 1 N–H and O–H groups in total. The lowest BCUT2D eigenvalue weighted by Gasteiger charge is -2.36. The molecule has 1 heterocycles. The summed E-state index contributed by atoms with van der Waals surface area (Å²) in [5.41, 5.74) is -4.44. The molecule has 3 rings (SSSR count). The van der Waals surface area contributed by atoms with E-state index in [2.05, 4.69) is 15.0 Å². The van der Waals surface area contributed by atoms with E-state index in [9.17, 15) is 27.1 Å². The second-order valence-corrected chi connectivity index (χ2v) is 8.36. The number of aromatic nitrogens is 2. The van der Waals surface area contributed by atoms with E-state index in [-0.39, 0.29) is 27.9 Å². The Morgan fingerprint density at radius 1 is 1.09 bits per heavy atom. The molecule has 5 nitrogen and oxygen atoms in total. The maximum atomic E-state index is 14.0. The number of ether oxygens (including phenoxy) is 1. The first kappa shape index (κ1) is 24.5. The van der Waals surface area contributed by atoms with E-state index in [1.54, 1.807) is 6.92 Å². The van der Waals surface area contributed by atoms with E-state index in [0.29, 0.717) is 12.0 Å². The minimum Gasteiger partial charge on any atom is -0.496 e. The molecule has 176 valence electrons. The first-order valence-electron chi connectivity index (χ1n) is 9.87. The maximum Gasteiger partial charge on any atom is 0.422 e. The number of aryl methyl sites for hydroxylation is 1. The molecule has 0 bridgehead atoms. The van der Waals surface area contributed by atoms with Gasteiger partial charge >= 0.3 is 6.18 Å². The third kappa shape index (κ3) is 5.11. The van der Waals surface area contributed by atoms with Crippen molar-refractivity contribution in [1.82, 2.24) is 9.97 Å². The van der Waals surface area contributed by atoms with Gasteiger partial charge in [0.15, 0.2) is 5.60 Å². The van der Waals surface area contributed by atoms with Crippen molar-refractivity contribution in [2.75, 3.05) is 7.11 Å². The summed E-state index contributed by atoms with van der Waals surface area (Å²) >= 11 is 0. The first-order valence-corrected chi connectivity index (χ1v) is 9.87. The fourth-order valence-corrected chi connectivity index (χ4v) is 3.67. The van der Waals surface area contributed by atoms with Crippen LogP contribution >= 0.6 is 0 Å². The molecule has 0 saturated heterocycles. The van der Waals surface area contributed by atoms with Gasteiger partial charge in [0.1, 0.15) is 23.2 Å². The summed E-state index contributed by atoms with van der Waals surface area (Å²) in [7, 11) is 1.27. The SMILES string of the molecule is COc1cc(F)ccc1C(C)(C)CC(O)(C=Nc1cc(F)cc2nc(C)ncc12)C(F)(F)F. The van der Waals surface area contributed by atoms with Crippen molar-refractivity contribution in [2.45, 2.75) is 44.4 Å². The van der Waals surface area contributed by atoms with Crippen LogP contribution in [0.3, 0.4) is 0 Å². The smallest absolute Gasteiger partial charge is 0.422 e. The largest absolute Gasteiger partial charge is 0.496 e. The summed E-state index contributed by atoms with van der Waals surface area (Å²) < 4.78 is 74.8. The van der Waals surface area contributed by atoms with Gasteiger partial charge < -0.3 is 9.84 Å². The van der Waals surface area contributed by atoms with E-state index < -0.39 is 35.2 Å². The highest BCUT2D eigenvalue weighted by atomic mass is 19.4. The van der Waals surface area contributed by atoms with Crippen molar-refractivity contribution in [3.8, 4) is 5.75 Å². The van der Waals surface area contributed by atoms with Crippen molar-refractivity contribution in [3.63, 3.8) is 0 Å². The molecule has 1 unspecified atom stereocenters. The quantitative estimate of drug-likeness (QED) is 0.379. The predicted octanol–water partition coefficient (Wildman–Crippen LogP) is 5.59. The number of hydrogen-bond acceptors (Lipinski definition) is 5. The van der Waals surface area contributed by atoms with Gasteiger partial charge in [-0.3, -0.25) is 4.99 Å². The Morgan fingerprint density at radius 2 is 1.79 bits per heavy atom. The molecule has 2 aromatic carbocycles. The Bertz CT molecular complexity index is 1210. The van der Waals surface area contributed by atoms with Gasteiger partial charge in [-0.05, 0) is 24.8 Å². The van der Waals surface area contributed by atoms with Crippen LogP contribution in [0.5, 0.6) is 5.75 Å². The molecule has 1 aromatic heterocycles. The number of aliphatic imine (C=N–C) groups is 1. The Labute approximate surface area is 187 Å². The number of hydrogen-bond donors (Lipinski definition) is 1. The summed E-state index contributed by atoms with van der Waals surface area (Å²) in [6.07, 6.45) is -4.31. The Kier molecular flexibility index (Phi) is 6.43. The third-order valence-electron chi connectivity index (χ3n) is 5.28. The molecule has 0 aliphatic carbocycles. The zero-order chi connectivity index (χ0) is 24.6. The molecule has 0 aliphatic heterocycles. The van der Waals surface area contributed by atoms with E-state index >= 15 is 0 Å². The number of benzene rings is 2. The Hall–Kier alpha value is -3.14. The summed E-state index contributed by atoms with van der Waals surface area (Å²) in [5, 5.41) is 10.9. The van der Waals surface area contributed by atoms with Crippen molar-refractivity contribution >= 4 is 22.8 Å². The average molecular weight is 467 g/mol. The number of rotatable bonds is 6. The molecule has 0 radical (unpaired) electrons. The predicted molar refractivity (Wildman–Crippen MR) is 114 cm³/mol. The minimum absolute atomic E-state index is 0.0464. The van der Waals surface area contributed by atoms with Gasteiger partial charge in [-0.25, -0.2) is 18.7 Å². The van der Waals surface area contributed by atoms with Crippen LogP contribution in [0.25, 0.3) is 10.9 Å². The molecule has 0 saturated carbocycles. The second kappa shape index (κ2) is 8.66.